The third kappa shape index (κ3) is 17.1. The molecule has 0 fully saturated rings. The van der Waals surface area contributed by atoms with Crippen molar-refractivity contribution in [1.82, 2.24) is 10.2 Å². The number of rotatable bonds is 20. The maximum absolute atomic E-state index is 3.69. The molecule has 0 heterocycles. The first-order valence-electron chi connectivity index (χ1n) is 11.7. The van der Waals surface area contributed by atoms with E-state index in [4.69, 9.17) is 0 Å². The molecule has 25 heavy (non-hydrogen) atoms. The van der Waals surface area contributed by atoms with E-state index in [0.29, 0.717) is 6.04 Å². The molecule has 0 aromatic carbocycles. The van der Waals surface area contributed by atoms with E-state index in [1.165, 1.54) is 110 Å². The summed E-state index contributed by atoms with van der Waals surface area (Å²) in [5.41, 5.74) is 0. The Balaban J connectivity index is 3.46. The molecule has 152 valence electrons. The Kier molecular flexibility index (Phi) is 20.2. The van der Waals surface area contributed by atoms with Crippen LogP contribution in [0.15, 0.2) is 0 Å². The average Bonchev–Trinajstić information content (AvgIpc) is 2.62. The maximum atomic E-state index is 3.69. The van der Waals surface area contributed by atoms with Crippen molar-refractivity contribution in [3.8, 4) is 0 Å². The fourth-order valence-corrected chi connectivity index (χ4v) is 3.61. The summed E-state index contributed by atoms with van der Waals surface area (Å²) in [6.07, 6.45) is 19.7. The molecule has 1 unspecified atom stereocenters. The van der Waals surface area contributed by atoms with Crippen LogP contribution in [0.5, 0.6) is 0 Å². The number of hydrogen-bond acceptors (Lipinski definition) is 2. The Hall–Kier alpha value is -0.0800. The molecule has 0 saturated heterocycles. The van der Waals surface area contributed by atoms with Crippen molar-refractivity contribution in [3.05, 3.63) is 0 Å². The second-order valence-corrected chi connectivity index (χ2v) is 7.92. The number of nitrogens with one attached hydrogen (secondary N) is 1. The van der Waals surface area contributed by atoms with Crippen molar-refractivity contribution >= 4 is 0 Å². The highest BCUT2D eigenvalue weighted by atomic mass is 15.2. The van der Waals surface area contributed by atoms with Gasteiger partial charge >= 0.3 is 0 Å². The van der Waals surface area contributed by atoms with Gasteiger partial charge < -0.3 is 5.32 Å². The van der Waals surface area contributed by atoms with Crippen LogP contribution in [0.4, 0.5) is 0 Å². The molecule has 0 spiro atoms. The summed E-state index contributed by atoms with van der Waals surface area (Å²) in [6, 6.07) is 0.676. The fraction of sp³-hybridized carbons (Fsp3) is 1.00. The molecule has 2 nitrogen and oxygen atoms in total. The van der Waals surface area contributed by atoms with Gasteiger partial charge in [-0.05, 0) is 39.4 Å². The second kappa shape index (κ2) is 20.2. The third-order valence-electron chi connectivity index (χ3n) is 5.48. The second-order valence-electron chi connectivity index (χ2n) is 7.92. The van der Waals surface area contributed by atoms with Gasteiger partial charge in [0, 0.05) is 12.6 Å². The van der Waals surface area contributed by atoms with E-state index in [9.17, 15) is 0 Å². The smallest absolute Gasteiger partial charge is 0.0192 e. The summed E-state index contributed by atoms with van der Waals surface area (Å²) in [5, 5.41) is 3.69. The lowest BCUT2D eigenvalue weighted by molar-refractivity contribution is 0.210. The quantitative estimate of drug-likeness (QED) is 0.242. The van der Waals surface area contributed by atoms with Crippen LogP contribution in [0.1, 0.15) is 118 Å². The van der Waals surface area contributed by atoms with E-state index in [1.54, 1.807) is 0 Å². The van der Waals surface area contributed by atoms with Crippen LogP contribution < -0.4 is 5.32 Å². The lowest BCUT2D eigenvalue weighted by atomic mass is 10.1. The van der Waals surface area contributed by atoms with E-state index in [-0.39, 0.29) is 0 Å². The van der Waals surface area contributed by atoms with Crippen molar-refractivity contribution in [2.24, 2.45) is 0 Å². The Morgan fingerprint density at radius 3 is 1.64 bits per heavy atom. The summed E-state index contributed by atoms with van der Waals surface area (Å²) in [4.78, 5) is 2.65. The van der Waals surface area contributed by atoms with Crippen molar-refractivity contribution in [1.29, 1.82) is 0 Å². The number of hydrogen-bond donors (Lipinski definition) is 1. The molecular formula is C23H50N2. The van der Waals surface area contributed by atoms with Crippen LogP contribution >= 0.6 is 0 Å². The molecule has 0 aliphatic rings. The molecule has 0 rings (SSSR count). The largest absolute Gasteiger partial charge is 0.315 e. The molecule has 0 saturated carbocycles. The van der Waals surface area contributed by atoms with E-state index in [2.05, 4.69) is 37.9 Å². The van der Waals surface area contributed by atoms with Gasteiger partial charge in [0.2, 0.25) is 0 Å². The summed E-state index contributed by atoms with van der Waals surface area (Å²) in [7, 11) is 0. The van der Waals surface area contributed by atoms with E-state index < -0.39 is 0 Å². The highest BCUT2D eigenvalue weighted by molar-refractivity contribution is 4.69. The minimum Gasteiger partial charge on any atom is -0.315 e. The topological polar surface area (TPSA) is 15.3 Å². The minimum absolute atomic E-state index is 0.676. The predicted octanol–water partition coefficient (Wildman–Crippen LogP) is 6.79. The van der Waals surface area contributed by atoms with Gasteiger partial charge in [-0.15, -0.1) is 0 Å². The summed E-state index contributed by atoms with van der Waals surface area (Å²) < 4.78 is 0. The van der Waals surface area contributed by atoms with Crippen molar-refractivity contribution < 1.29 is 0 Å². The van der Waals surface area contributed by atoms with Gasteiger partial charge in [-0.1, -0.05) is 97.8 Å². The molecule has 1 atom stereocenters. The van der Waals surface area contributed by atoms with Gasteiger partial charge in [0.15, 0.2) is 0 Å². The Labute approximate surface area is 160 Å². The van der Waals surface area contributed by atoms with Gasteiger partial charge in [0.25, 0.3) is 0 Å². The standard InChI is InChI=1S/C23H50N2/c1-5-8-10-12-14-15-16-18-20-24-22-23(4)25(7-3)21-19-17-13-11-9-6-2/h23-24H,5-22H2,1-4H3. The normalized spacial score (nSPS) is 12.8. The molecule has 0 amide bonds. The van der Waals surface area contributed by atoms with Gasteiger partial charge in [-0.3, -0.25) is 4.90 Å². The van der Waals surface area contributed by atoms with Crippen molar-refractivity contribution in [3.63, 3.8) is 0 Å². The predicted molar refractivity (Wildman–Crippen MR) is 116 cm³/mol. The summed E-state index contributed by atoms with van der Waals surface area (Å²) in [6.45, 7) is 14.1. The van der Waals surface area contributed by atoms with Gasteiger partial charge in [0.1, 0.15) is 0 Å². The first-order valence-corrected chi connectivity index (χ1v) is 11.7. The SMILES string of the molecule is CCCCCCCCCCNCC(C)N(CC)CCCCCCCC. The van der Waals surface area contributed by atoms with Crippen LogP contribution in [0.3, 0.4) is 0 Å². The van der Waals surface area contributed by atoms with E-state index >= 15 is 0 Å². The molecule has 0 aromatic rings. The molecule has 0 aliphatic carbocycles. The zero-order valence-corrected chi connectivity index (χ0v) is 18.3. The molecule has 0 radical (unpaired) electrons. The first-order chi connectivity index (χ1) is 12.3. The van der Waals surface area contributed by atoms with Crippen LogP contribution in [0, 0.1) is 0 Å². The molecule has 0 aliphatic heterocycles. The van der Waals surface area contributed by atoms with Crippen LogP contribution in [0.25, 0.3) is 0 Å². The molecular weight excluding hydrogens is 304 g/mol. The monoisotopic (exact) mass is 354 g/mol. The number of nitrogens with zero attached hydrogens (tertiary/aromatic N) is 1. The summed E-state index contributed by atoms with van der Waals surface area (Å²) >= 11 is 0. The molecule has 0 bridgehead atoms. The summed E-state index contributed by atoms with van der Waals surface area (Å²) in [5.74, 6) is 0. The van der Waals surface area contributed by atoms with Gasteiger partial charge in [-0.2, -0.15) is 0 Å². The minimum atomic E-state index is 0.676. The third-order valence-corrected chi connectivity index (χ3v) is 5.48. The van der Waals surface area contributed by atoms with Gasteiger partial charge in [-0.25, -0.2) is 0 Å². The first kappa shape index (κ1) is 24.9. The van der Waals surface area contributed by atoms with Crippen LogP contribution in [-0.4, -0.2) is 37.1 Å². The fourth-order valence-electron chi connectivity index (χ4n) is 3.61. The molecule has 2 heteroatoms. The van der Waals surface area contributed by atoms with E-state index in [1.807, 2.05) is 0 Å². The maximum Gasteiger partial charge on any atom is 0.0192 e. The highest BCUT2D eigenvalue weighted by Crippen LogP contribution is 2.09. The van der Waals surface area contributed by atoms with E-state index in [0.717, 1.165) is 6.54 Å². The lowest BCUT2D eigenvalue weighted by Gasteiger charge is -2.28. The van der Waals surface area contributed by atoms with Gasteiger partial charge in [0.05, 0.1) is 0 Å². The number of likely N-dealkylation sites (N-methyl/N-ethyl adjacent to an activating group) is 1. The molecule has 1 N–H and O–H groups in total. The average molecular weight is 355 g/mol. The van der Waals surface area contributed by atoms with Crippen LogP contribution in [0.2, 0.25) is 0 Å². The Bertz CT molecular complexity index is 242. The highest BCUT2D eigenvalue weighted by Gasteiger charge is 2.10. The zero-order chi connectivity index (χ0) is 18.6. The lowest BCUT2D eigenvalue weighted by Crippen LogP contribution is -2.41. The Morgan fingerprint density at radius 2 is 1.12 bits per heavy atom. The Morgan fingerprint density at radius 1 is 0.640 bits per heavy atom. The number of unbranched alkanes of at least 4 members (excludes halogenated alkanes) is 12. The van der Waals surface area contributed by atoms with Crippen LogP contribution in [-0.2, 0) is 0 Å². The van der Waals surface area contributed by atoms with Crippen molar-refractivity contribution in [2.45, 2.75) is 124 Å². The van der Waals surface area contributed by atoms with Crippen molar-refractivity contribution in [2.75, 3.05) is 26.2 Å². The zero-order valence-electron chi connectivity index (χ0n) is 18.3. The molecule has 0 aromatic heterocycles.